The van der Waals surface area contributed by atoms with E-state index in [2.05, 4.69) is 212 Å². The fourth-order valence-electron chi connectivity index (χ4n) is 9.14. The summed E-state index contributed by atoms with van der Waals surface area (Å²) in [6.45, 7) is 14.9. The molecule has 2 aliphatic rings. The van der Waals surface area contributed by atoms with Gasteiger partial charge in [0, 0.05) is 62.4 Å². The SMILES string of the molecule is C=C/C=C\C=C/N1c2ccccc2C(C)(C)c2cc(N(/C=C\C(=C/C=C)c3ccc4c(c3)c3cc(O)ccc3n4-c3ccccc3)C3=CCC(C)(c4ccccc4)C=C3)ccc21. The van der Waals surface area contributed by atoms with Gasteiger partial charge in [0.2, 0.25) is 0 Å². The quantitative estimate of drug-likeness (QED) is 0.132. The number of nitrogens with zero attached hydrogens (tertiary/aromatic N) is 3. The molecule has 0 saturated carbocycles. The second kappa shape index (κ2) is 16.5. The Morgan fingerprint density at radius 3 is 2.15 bits per heavy atom. The van der Waals surface area contributed by atoms with Gasteiger partial charge in [-0.2, -0.15) is 0 Å². The minimum atomic E-state index is -0.266. The Morgan fingerprint density at radius 1 is 0.694 bits per heavy atom. The number of rotatable bonds is 11. The van der Waals surface area contributed by atoms with Gasteiger partial charge in [-0.3, -0.25) is 0 Å². The van der Waals surface area contributed by atoms with E-state index in [-0.39, 0.29) is 16.6 Å². The molecule has 0 amide bonds. The van der Waals surface area contributed by atoms with Crippen LogP contribution >= 0.6 is 0 Å². The molecule has 0 bridgehead atoms. The summed E-state index contributed by atoms with van der Waals surface area (Å²) < 4.78 is 2.26. The van der Waals surface area contributed by atoms with Crippen LogP contribution in [0, 0.1) is 0 Å². The number of para-hydroxylation sites is 2. The minimum Gasteiger partial charge on any atom is -0.508 e. The summed E-state index contributed by atoms with van der Waals surface area (Å²) >= 11 is 0. The molecule has 6 aromatic carbocycles. The number of fused-ring (bicyclic) bond motifs is 5. The second-order valence-electron chi connectivity index (χ2n) is 16.8. The maximum absolute atomic E-state index is 10.7. The third-order valence-corrected chi connectivity index (χ3v) is 12.5. The fraction of sp³-hybridized carbons (Fsp3) is 0.103. The molecule has 0 saturated heterocycles. The van der Waals surface area contributed by atoms with E-state index in [9.17, 15) is 5.11 Å². The van der Waals surface area contributed by atoms with E-state index < -0.39 is 0 Å². The summed E-state index contributed by atoms with van der Waals surface area (Å²) in [4.78, 5) is 4.62. The van der Waals surface area contributed by atoms with Gasteiger partial charge in [-0.25, -0.2) is 0 Å². The molecule has 304 valence electrons. The molecule has 7 aromatic rings. The average Bonchev–Trinajstić information content (AvgIpc) is 3.62. The van der Waals surface area contributed by atoms with Crippen LogP contribution in [0.15, 0.2) is 232 Å². The maximum Gasteiger partial charge on any atom is 0.116 e. The van der Waals surface area contributed by atoms with Gasteiger partial charge in [-0.15, -0.1) is 0 Å². The van der Waals surface area contributed by atoms with Crippen LogP contribution in [0.3, 0.4) is 0 Å². The van der Waals surface area contributed by atoms with Crippen LogP contribution in [-0.4, -0.2) is 9.67 Å². The van der Waals surface area contributed by atoms with Gasteiger partial charge in [0.25, 0.3) is 0 Å². The number of hydrogen-bond donors (Lipinski definition) is 1. The molecule has 1 N–H and O–H groups in total. The highest BCUT2D eigenvalue weighted by molar-refractivity contribution is 6.10. The number of aromatic hydroxyl groups is 1. The van der Waals surface area contributed by atoms with Crippen molar-refractivity contribution in [1.29, 1.82) is 0 Å². The molecule has 0 spiro atoms. The van der Waals surface area contributed by atoms with Crippen molar-refractivity contribution in [1.82, 2.24) is 4.57 Å². The van der Waals surface area contributed by atoms with Crippen molar-refractivity contribution >= 4 is 44.4 Å². The number of hydrogen-bond acceptors (Lipinski definition) is 3. The summed E-state index contributed by atoms with van der Waals surface area (Å²) in [7, 11) is 0. The summed E-state index contributed by atoms with van der Waals surface area (Å²) in [5, 5.41) is 12.7. The Balaban J connectivity index is 1.16. The number of phenolic OH excluding ortho intramolecular Hbond substituents is 1. The van der Waals surface area contributed by atoms with E-state index in [1.54, 1.807) is 12.1 Å². The van der Waals surface area contributed by atoms with Crippen molar-refractivity contribution in [3.8, 4) is 11.4 Å². The summed E-state index contributed by atoms with van der Waals surface area (Å²) in [6, 6.07) is 48.9. The van der Waals surface area contributed by atoms with E-state index in [0.29, 0.717) is 0 Å². The number of phenols is 1. The first-order valence-electron chi connectivity index (χ1n) is 21.3. The number of anilines is 3. The van der Waals surface area contributed by atoms with Crippen LogP contribution < -0.4 is 9.80 Å². The molecule has 1 unspecified atom stereocenters. The predicted octanol–water partition coefficient (Wildman–Crippen LogP) is 14.9. The van der Waals surface area contributed by atoms with Crippen molar-refractivity contribution in [2.75, 3.05) is 9.80 Å². The lowest BCUT2D eigenvalue weighted by Crippen LogP contribution is -2.31. The first-order valence-corrected chi connectivity index (χ1v) is 21.3. The highest BCUT2D eigenvalue weighted by atomic mass is 16.3. The molecule has 1 aromatic heterocycles. The van der Waals surface area contributed by atoms with Gasteiger partial charge < -0.3 is 19.5 Å². The molecular formula is C58H51N3O. The third-order valence-electron chi connectivity index (χ3n) is 12.5. The number of allylic oxidation sites excluding steroid dienone is 11. The molecule has 1 aliphatic heterocycles. The standard InChI is InChI=1S/C58H51N3O/c1-6-8-9-18-37-60-55-25-17-16-24-51(55)57(3,4)52-40-47(27-30-56(52)60)59(45-32-35-58(5,36-33-45)44-20-12-10-13-21-44)38-34-42(19-7-2)43-26-29-53-49(39-43)50-41-48(62)28-31-54(50)61(53)46-22-14-11-15-23-46/h6-35,37-41,62H,1-2,36H2,3-5H3/b9-8-,37-18-,38-34-,42-19+. The van der Waals surface area contributed by atoms with Gasteiger partial charge in [-0.1, -0.05) is 149 Å². The first kappa shape index (κ1) is 39.9. The molecule has 4 nitrogen and oxygen atoms in total. The molecule has 62 heavy (non-hydrogen) atoms. The lowest BCUT2D eigenvalue weighted by atomic mass is 9.73. The lowest BCUT2D eigenvalue weighted by molar-refractivity contribution is 0.476. The van der Waals surface area contributed by atoms with Crippen LogP contribution in [0.1, 0.15) is 49.4 Å². The molecule has 1 atom stereocenters. The van der Waals surface area contributed by atoms with E-state index in [1.807, 2.05) is 36.4 Å². The average molecular weight is 806 g/mol. The predicted molar refractivity (Wildman–Crippen MR) is 264 cm³/mol. The van der Waals surface area contributed by atoms with Crippen molar-refractivity contribution in [2.45, 2.75) is 38.0 Å². The number of aromatic nitrogens is 1. The van der Waals surface area contributed by atoms with E-state index in [4.69, 9.17) is 0 Å². The largest absolute Gasteiger partial charge is 0.508 e. The molecule has 1 aliphatic carbocycles. The van der Waals surface area contributed by atoms with Gasteiger partial charge in [0.05, 0.1) is 11.0 Å². The molecule has 0 radical (unpaired) electrons. The zero-order valence-electron chi connectivity index (χ0n) is 35.6. The van der Waals surface area contributed by atoms with Crippen LogP contribution in [0.2, 0.25) is 0 Å². The molecule has 0 fully saturated rings. The van der Waals surface area contributed by atoms with E-state index in [1.165, 1.54) is 22.4 Å². The maximum atomic E-state index is 10.7. The monoisotopic (exact) mass is 805 g/mol. The Bertz CT molecular complexity index is 3030. The highest BCUT2D eigenvalue weighted by Gasteiger charge is 2.36. The van der Waals surface area contributed by atoms with E-state index >= 15 is 0 Å². The Labute approximate surface area is 365 Å². The summed E-state index contributed by atoms with van der Waals surface area (Å²) in [6.07, 6.45) is 26.1. The number of benzene rings is 6. The van der Waals surface area contributed by atoms with Gasteiger partial charge in [0.15, 0.2) is 0 Å². The van der Waals surface area contributed by atoms with Crippen molar-refractivity contribution < 1.29 is 5.11 Å². The minimum absolute atomic E-state index is 0.120. The lowest BCUT2D eigenvalue weighted by Gasteiger charge is -2.41. The molecule has 9 rings (SSSR count). The summed E-state index contributed by atoms with van der Waals surface area (Å²) in [5.74, 6) is 0.241. The topological polar surface area (TPSA) is 31.6 Å². The van der Waals surface area contributed by atoms with Crippen LogP contribution in [0.4, 0.5) is 17.1 Å². The van der Waals surface area contributed by atoms with Gasteiger partial charge in [0.1, 0.15) is 5.75 Å². The van der Waals surface area contributed by atoms with Crippen LogP contribution in [0.5, 0.6) is 5.75 Å². The van der Waals surface area contributed by atoms with Crippen molar-refractivity contribution in [3.05, 3.63) is 254 Å². The third kappa shape index (κ3) is 7.24. The Hall–Kier alpha value is -7.56. The van der Waals surface area contributed by atoms with Crippen LogP contribution in [0.25, 0.3) is 33.1 Å². The van der Waals surface area contributed by atoms with Crippen molar-refractivity contribution in [2.24, 2.45) is 0 Å². The molecule has 2 heterocycles. The van der Waals surface area contributed by atoms with Crippen LogP contribution in [-0.2, 0) is 10.8 Å². The van der Waals surface area contributed by atoms with Crippen molar-refractivity contribution in [3.63, 3.8) is 0 Å². The molecule has 4 heteroatoms. The highest BCUT2D eigenvalue weighted by Crippen LogP contribution is 2.50. The normalized spacial score (nSPS) is 17.2. The zero-order valence-corrected chi connectivity index (χ0v) is 35.6. The zero-order chi connectivity index (χ0) is 42.8. The fourth-order valence-corrected chi connectivity index (χ4v) is 9.14. The van der Waals surface area contributed by atoms with E-state index in [0.717, 1.165) is 62.1 Å². The first-order chi connectivity index (χ1) is 30.2. The summed E-state index contributed by atoms with van der Waals surface area (Å²) in [5.41, 5.74) is 13.2. The molecular weight excluding hydrogens is 755 g/mol. The van der Waals surface area contributed by atoms with Gasteiger partial charge >= 0.3 is 0 Å². The Kier molecular flexibility index (Phi) is 10.6. The Morgan fingerprint density at radius 2 is 1.40 bits per heavy atom. The smallest absolute Gasteiger partial charge is 0.116 e. The van der Waals surface area contributed by atoms with Gasteiger partial charge in [-0.05, 0) is 119 Å². The second-order valence-corrected chi connectivity index (χ2v) is 16.8.